The lowest BCUT2D eigenvalue weighted by Gasteiger charge is -2.20. The number of fused-ring (bicyclic) bond motifs is 1. The van der Waals surface area contributed by atoms with Crippen molar-refractivity contribution in [2.24, 2.45) is 0 Å². The van der Waals surface area contributed by atoms with Gasteiger partial charge in [0.25, 0.3) is 5.91 Å². The maximum atomic E-state index is 13.9. The molecule has 0 radical (unpaired) electrons. The van der Waals surface area contributed by atoms with Gasteiger partial charge >= 0.3 is 0 Å². The quantitative estimate of drug-likeness (QED) is 0.348. The lowest BCUT2D eigenvalue weighted by Crippen LogP contribution is -2.36. The Hall–Kier alpha value is -3.17. The zero-order chi connectivity index (χ0) is 22.5. The number of para-hydroxylation sites is 1. The van der Waals surface area contributed by atoms with Crippen LogP contribution in [-0.2, 0) is 11.3 Å². The number of amides is 1. The molecule has 32 heavy (non-hydrogen) atoms. The van der Waals surface area contributed by atoms with E-state index in [1.165, 1.54) is 28.4 Å². The second-order valence-electron chi connectivity index (χ2n) is 6.84. The van der Waals surface area contributed by atoms with E-state index in [2.05, 4.69) is 9.97 Å². The average Bonchev–Trinajstić information content (AvgIpc) is 3.47. The van der Waals surface area contributed by atoms with Crippen LogP contribution in [0.1, 0.15) is 6.42 Å². The van der Waals surface area contributed by atoms with Crippen LogP contribution in [0.2, 0.25) is 5.02 Å². The Kier molecular flexibility index (Phi) is 6.87. The molecule has 0 N–H and O–H groups in total. The molecular formula is C22H20ClFN4O3S. The Labute approximate surface area is 193 Å². The van der Waals surface area contributed by atoms with Crippen molar-refractivity contribution in [3.05, 3.63) is 66.0 Å². The molecule has 0 atom stereocenters. The highest BCUT2D eigenvalue weighted by atomic mass is 35.5. The third-order valence-electron chi connectivity index (χ3n) is 4.74. The van der Waals surface area contributed by atoms with E-state index in [0.717, 1.165) is 4.70 Å². The van der Waals surface area contributed by atoms with Gasteiger partial charge in [-0.25, -0.2) is 14.4 Å². The summed E-state index contributed by atoms with van der Waals surface area (Å²) in [6.07, 6.45) is 5.93. The highest BCUT2D eigenvalue weighted by Crippen LogP contribution is 2.38. The second-order valence-corrected chi connectivity index (χ2v) is 8.23. The number of anilines is 1. The van der Waals surface area contributed by atoms with Crippen molar-refractivity contribution < 1.29 is 18.7 Å². The van der Waals surface area contributed by atoms with Crippen LogP contribution in [0, 0.1) is 5.82 Å². The van der Waals surface area contributed by atoms with E-state index in [0.29, 0.717) is 40.9 Å². The van der Waals surface area contributed by atoms with Gasteiger partial charge in [-0.2, -0.15) is 0 Å². The highest BCUT2D eigenvalue weighted by Gasteiger charge is 2.22. The van der Waals surface area contributed by atoms with Gasteiger partial charge in [-0.1, -0.05) is 35.1 Å². The number of methoxy groups -OCH3 is 1. The summed E-state index contributed by atoms with van der Waals surface area (Å²) in [7, 11) is 1.55. The van der Waals surface area contributed by atoms with Gasteiger partial charge in [0.1, 0.15) is 11.3 Å². The maximum Gasteiger partial charge on any atom is 0.266 e. The fourth-order valence-electron chi connectivity index (χ4n) is 3.16. The average molecular weight is 475 g/mol. The largest absolute Gasteiger partial charge is 0.494 e. The number of nitrogens with zero attached hydrogens (tertiary/aromatic N) is 4. The molecule has 0 bridgehead atoms. The van der Waals surface area contributed by atoms with Crippen molar-refractivity contribution in [2.75, 3.05) is 25.2 Å². The van der Waals surface area contributed by atoms with Gasteiger partial charge < -0.3 is 14.0 Å². The Morgan fingerprint density at radius 3 is 2.84 bits per heavy atom. The first kappa shape index (κ1) is 22.0. The van der Waals surface area contributed by atoms with Crippen molar-refractivity contribution in [3.63, 3.8) is 0 Å². The van der Waals surface area contributed by atoms with Crippen LogP contribution in [0.5, 0.6) is 11.5 Å². The molecule has 0 unspecified atom stereocenters. The number of ether oxygens (including phenoxy) is 2. The van der Waals surface area contributed by atoms with Crippen LogP contribution in [0.4, 0.5) is 9.52 Å². The van der Waals surface area contributed by atoms with Crippen LogP contribution < -0.4 is 14.4 Å². The van der Waals surface area contributed by atoms with E-state index in [1.807, 2.05) is 10.8 Å². The van der Waals surface area contributed by atoms with Crippen LogP contribution in [-0.4, -0.2) is 40.7 Å². The molecule has 0 saturated heterocycles. The number of rotatable bonds is 9. The molecule has 0 saturated carbocycles. The number of hydrogen-bond donors (Lipinski definition) is 0. The third-order valence-corrected chi connectivity index (χ3v) is 6.28. The van der Waals surface area contributed by atoms with E-state index >= 15 is 0 Å². The predicted octanol–water partition coefficient (Wildman–Crippen LogP) is 4.80. The van der Waals surface area contributed by atoms with Crippen LogP contribution in [0.25, 0.3) is 10.2 Å². The van der Waals surface area contributed by atoms with E-state index in [9.17, 15) is 9.18 Å². The molecule has 1 amide bonds. The van der Waals surface area contributed by atoms with Gasteiger partial charge in [0, 0.05) is 25.5 Å². The molecule has 2 heterocycles. The van der Waals surface area contributed by atoms with Crippen molar-refractivity contribution in [3.8, 4) is 11.5 Å². The smallest absolute Gasteiger partial charge is 0.266 e. The summed E-state index contributed by atoms with van der Waals surface area (Å²) in [5, 5.41) is 0.997. The minimum atomic E-state index is -0.525. The first-order chi connectivity index (χ1) is 15.6. The molecule has 166 valence electrons. The van der Waals surface area contributed by atoms with E-state index < -0.39 is 5.82 Å². The molecule has 10 heteroatoms. The number of aromatic nitrogens is 3. The summed E-state index contributed by atoms with van der Waals surface area (Å²) >= 11 is 7.64. The molecule has 0 fully saturated rings. The SMILES string of the molecule is COc1ccc(Cl)c2sc(N(CCCn3ccnc3)C(=O)COc3ccccc3F)nc12. The zero-order valence-electron chi connectivity index (χ0n) is 17.2. The lowest BCUT2D eigenvalue weighted by atomic mass is 10.3. The molecule has 0 aliphatic rings. The minimum absolute atomic E-state index is 0.0215. The summed E-state index contributed by atoms with van der Waals surface area (Å²) in [5.41, 5.74) is 0.586. The molecule has 0 spiro atoms. The molecule has 4 aromatic rings. The van der Waals surface area contributed by atoms with Crippen molar-refractivity contribution in [2.45, 2.75) is 13.0 Å². The highest BCUT2D eigenvalue weighted by molar-refractivity contribution is 7.23. The number of hydrogen-bond acceptors (Lipinski definition) is 6. The minimum Gasteiger partial charge on any atom is -0.494 e. The number of carbonyl (C=O) groups is 1. The van der Waals surface area contributed by atoms with E-state index in [1.54, 1.807) is 43.9 Å². The standard InChI is InChI=1S/C22H20ClFN4O3S/c1-30-18-8-7-15(23)21-20(18)26-22(32-21)28(11-4-10-27-12-9-25-14-27)19(29)13-31-17-6-3-2-5-16(17)24/h2-3,5-9,12,14H,4,10-11,13H2,1H3. The monoisotopic (exact) mass is 474 g/mol. The number of thiazole rings is 1. The number of imidazole rings is 1. The van der Waals surface area contributed by atoms with E-state index in [4.69, 9.17) is 21.1 Å². The summed E-state index contributed by atoms with van der Waals surface area (Å²) in [5.74, 6) is -0.273. The summed E-state index contributed by atoms with van der Waals surface area (Å²) < 4.78 is 27.4. The van der Waals surface area contributed by atoms with Gasteiger partial charge in [0.15, 0.2) is 23.3 Å². The first-order valence-corrected chi connectivity index (χ1v) is 11.0. The fraction of sp³-hybridized carbons (Fsp3) is 0.227. The maximum absolute atomic E-state index is 13.9. The van der Waals surface area contributed by atoms with Crippen LogP contribution >= 0.6 is 22.9 Å². The van der Waals surface area contributed by atoms with Crippen molar-refractivity contribution in [1.82, 2.24) is 14.5 Å². The summed E-state index contributed by atoms with van der Waals surface area (Å²) in [6.45, 7) is 0.733. The molecule has 2 aromatic carbocycles. The number of halogens is 2. The van der Waals surface area contributed by atoms with Crippen LogP contribution in [0.3, 0.4) is 0 Å². The lowest BCUT2D eigenvalue weighted by molar-refractivity contribution is -0.120. The Bertz CT molecular complexity index is 1220. The summed E-state index contributed by atoms with van der Waals surface area (Å²) in [6, 6.07) is 9.44. The van der Waals surface area contributed by atoms with Gasteiger partial charge in [-0.3, -0.25) is 9.69 Å². The van der Waals surface area contributed by atoms with Gasteiger partial charge in [0.2, 0.25) is 0 Å². The summed E-state index contributed by atoms with van der Waals surface area (Å²) in [4.78, 5) is 23.3. The second kappa shape index (κ2) is 9.97. The van der Waals surface area contributed by atoms with E-state index in [-0.39, 0.29) is 18.3 Å². The van der Waals surface area contributed by atoms with Crippen LogP contribution in [0.15, 0.2) is 55.1 Å². The van der Waals surface area contributed by atoms with Gasteiger partial charge in [-0.05, 0) is 30.7 Å². The molecule has 2 aromatic heterocycles. The number of aryl methyl sites for hydroxylation is 1. The van der Waals surface area contributed by atoms with Crippen molar-refractivity contribution in [1.29, 1.82) is 0 Å². The Morgan fingerprint density at radius 1 is 1.25 bits per heavy atom. The molecule has 0 aliphatic heterocycles. The third kappa shape index (κ3) is 4.84. The number of carbonyl (C=O) groups excluding carboxylic acids is 1. The fourth-order valence-corrected chi connectivity index (χ4v) is 4.46. The van der Waals surface area contributed by atoms with Crippen molar-refractivity contribution >= 4 is 44.2 Å². The number of benzene rings is 2. The van der Waals surface area contributed by atoms with Gasteiger partial charge in [-0.15, -0.1) is 0 Å². The molecule has 4 rings (SSSR count). The predicted molar refractivity (Wildman–Crippen MR) is 122 cm³/mol. The topological polar surface area (TPSA) is 69.5 Å². The molecule has 0 aliphatic carbocycles. The first-order valence-electron chi connectivity index (χ1n) is 9.83. The molecular weight excluding hydrogens is 455 g/mol. The Morgan fingerprint density at radius 2 is 2.09 bits per heavy atom. The molecule has 7 nitrogen and oxygen atoms in total. The van der Waals surface area contributed by atoms with Gasteiger partial charge in [0.05, 0.1) is 23.2 Å². The zero-order valence-corrected chi connectivity index (χ0v) is 18.8. The normalized spacial score (nSPS) is 11.0. The Balaban J connectivity index is 1.58.